The summed E-state index contributed by atoms with van der Waals surface area (Å²) in [5, 5.41) is 0. The lowest BCUT2D eigenvalue weighted by Crippen LogP contribution is -2.52. The molecule has 2 aromatic carbocycles. The van der Waals surface area contributed by atoms with Gasteiger partial charge in [-0.05, 0) is 83.5 Å². The smallest absolute Gasteiger partial charge is 0.399 e. The highest BCUT2D eigenvalue weighted by molar-refractivity contribution is 9.10. The molecular weight excluding hydrogens is 451 g/mol. The molecule has 0 aromatic heterocycles. The first-order valence-corrected chi connectivity index (χ1v) is 11.9. The summed E-state index contributed by atoms with van der Waals surface area (Å²) < 4.78 is 14.1. The predicted octanol–water partition coefficient (Wildman–Crippen LogP) is 4.01. The van der Waals surface area contributed by atoms with Crippen molar-refractivity contribution >= 4 is 28.5 Å². The van der Waals surface area contributed by atoms with Gasteiger partial charge >= 0.3 is 7.12 Å². The molecule has 31 heavy (non-hydrogen) atoms. The van der Waals surface area contributed by atoms with Crippen LogP contribution in [-0.4, -0.2) is 68.9 Å². The number of likely N-dealkylation sites (N-methyl/N-ethyl adjacent to an activating group) is 2. The van der Waals surface area contributed by atoms with Crippen LogP contribution in [0.5, 0.6) is 0 Å². The van der Waals surface area contributed by atoms with Crippen molar-refractivity contribution in [2.45, 2.75) is 44.8 Å². The van der Waals surface area contributed by atoms with E-state index in [0.717, 1.165) is 42.4 Å². The fourth-order valence-corrected chi connectivity index (χ4v) is 4.18. The molecule has 6 heteroatoms. The standard InChI is InChI=1S/C25H36BBrN2O2/c1-24(2)25(3,19-29(6)18-16-21-9-13-23(27)14-10-21)31-26(30-24)22-11-7-20(8-12-22)15-17-28(4)5/h7-14H,15-19H2,1-6H3. The highest BCUT2D eigenvalue weighted by Crippen LogP contribution is 2.37. The molecule has 4 nitrogen and oxygen atoms in total. The van der Waals surface area contributed by atoms with Gasteiger partial charge in [-0.15, -0.1) is 0 Å². The maximum absolute atomic E-state index is 6.55. The third kappa shape index (κ3) is 6.42. The van der Waals surface area contributed by atoms with E-state index in [1.54, 1.807) is 0 Å². The molecule has 0 spiro atoms. The Kier molecular flexibility index (Phi) is 8.03. The molecule has 2 aromatic rings. The van der Waals surface area contributed by atoms with Crippen molar-refractivity contribution in [1.82, 2.24) is 9.80 Å². The number of nitrogens with zero attached hydrogens (tertiary/aromatic N) is 2. The van der Waals surface area contributed by atoms with Gasteiger partial charge in [-0.3, -0.25) is 0 Å². The van der Waals surface area contributed by atoms with Gasteiger partial charge in [-0.2, -0.15) is 0 Å². The van der Waals surface area contributed by atoms with E-state index in [1.807, 2.05) is 0 Å². The topological polar surface area (TPSA) is 24.9 Å². The summed E-state index contributed by atoms with van der Waals surface area (Å²) in [5.41, 5.74) is 2.99. The molecule has 1 atom stereocenters. The Morgan fingerprint density at radius 3 is 1.94 bits per heavy atom. The van der Waals surface area contributed by atoms with E-state index < -0.39 is 5.60 Å². The van der Waals surface area contributed by atoms with Crippen LogP contribution in [0.2, 0.25) is 0 Å². The number of hydrogen-bond donors (Lipinski definition) is 0. The van der Waals surface area contributed by atoms with Gasteiger partial charge in [-0.25, -0.2) is 0 Å². The SMILES string of the molecule is CN(C)CCc1ccc(B2OC(C)(C)C(C)(CN(C)CCc3ccc(Br)cc3)O2)cc1. The largest absolute Gasteiger partial charge is 0.494 e. The molecule has 1 heterocycles. The van der Waals surface area contributed by atoms with Crippen LogP contribution in [0.25, 0.3) is 0 Å². The van der Waals surface area contributed by atoms with Gasteiger partial charge in [-0.1, -0.05) is 52.3 Å². The number of rotatable bonds is 9. The maximum Gasteiger partial charge on any atom is 0.494 e. The summed E-state index contributed by atoms with van der Waals surface area (Å²) in [7, 11) is 6.04. The van der Waals surface area contributed by atoms with E-state index in [1.165, 1.54) is 11.1 Å². The van der Waals surface area contributed by atoms with Gasteiger partial charge in [0.2, 0.25) is 0 Å². The first-order chi connectivity index (χ1) is 14.6. The van der Waals surface area contributed by atoms with Crippen molar-refractivity contribution in [1.29, 1.82) is 0 Å². The van der Waals surface area contributed by atoms with Gasteiger partial charge in [0.1, 0.15) is 0 Å². The fraction of sp³-hybridized carbons (Fsp3) is 0.520. The molecule has 0 radical (unpaired) electrons. The zero-order valence-electron chi connectivity index (χ0n) is 19.8. The Morgan fingerprint density at radius 1 is 0.806 bits per heavy atom. The van der Waals surface area contributed by atoms with Crippen molar-refractivity contribution in [3.8, 4) is 0 Å². The molecule has 3 rings (SSSR count). The molecule has 0 bridgehead atoms. The molecule has 168 valence electrons. The van der Waals surface area contributed by atoms with Crippen LogP contribution >= 0.6 is 15.9 Å². The second-order valence-electron chi connectivity index (χ2n) is 9.72. The lowest BCUT2D eigenvalue weighted by molar-refractivity contribution is -0.0291. The number of benzene rings is 2. The Labute approximate surface area is 197 Å². The van der Waals surface area contributed by atoms with E-state index in [0.29, 0.717) is 0 Å². The van der Waals surface area contributed by atoms with Crippen molar-refractivity contribution in [3.63, 3.8) is 0 Å². The maximum atomic E-state index is 6.55. The van der Waals surface area contributed by atoms with E-state index in [-0.39, 0.29) is 12.7 Å². The van der Waals surface area contributed by atoms with E-state index in [4.69, 9.17) is 9.31 Å². The van der Waals surface area contributed by atoms with Crippen LogP contribution in [0.1, 0.15) is 31.9 Å². The summed E-state index contributed by atoms with van der Waals surface area (Å²) in [6, 6.07) is 17.2. The summed E-state index contributed by atoms with van der Waals surface area (Å²) in [6.45, 7) is 9.29. The van der Waals surface area contributed by atoms with Crippen LogP contribution in [0.3, 0.4) is 0 Å². The Hall–Kier alpha value is -1.18. The average molecular weight is 487 g/mol. The zero-order chi connectivity index (χ0) is 22.6. The molecule has 0 N–H and O–H groups in total. The second kappa shape index (κ2) is 10.2. The fourth-order valence-electron chi connectivity index (χ4n) is 3.92. The van der Waals surface area contributed by atoms with Crippen molar-refractivity contribution in [2.75, 3.05) is 40.8 Å². The Bertz CT molecular complexity index is 842. The van der Waals surface area contributed by atoms with Crippen LogP contribution in [0.15, 0.2) is 53.0 Å². The third-order valence-electron chi connectivity index (χ3n) is 6.41. The lowest BCUT2D eigenvalue weighted by Gasteiger charge is -2.39. The molecule has 0 aliphatic carbocycles. The van der Waals surface area contributed by atoms with E-state index in [9.17, 15) is 0 Å². The molecule has 1 unspecified atom stereocenters. The zero-order valence-corrected chi connectivity index (χ0v) is 21.4. The number of halogens is 1. The van der Waals surface area contributed by atoms with Gasteiger partial charge < -0.3 is 19.1 Å². The van der Waals surface area contributed by atoms with Crippen LogP contribution in [0, 0.1) is 0 Å². The highest BCUT2D eigenvalue weighted by Gasteiger charge is 2.54. The van der Waals surface area contributed by atoms with Gasteiger partial charge in [0.15, 0.2) is 0 Å². The van der Waals surface area contributed by atoms with Gasteiger partial charge in [0, 0.05) is 24.1 Å². The normalized spacial score (nSPS) is 20.7. The second-order valence-corrected chi connectivity index (χ2v) is 10.6. The molecule has 1 aliphatic heterocycles. The van der Waals surface area contributed by atoms with Crippen molar-refractivity contribution in [3.05, 3.63) is 64.1 Å². The molecule has 1 saturated heterocycles. The van der Waals surface area contributed by atoms with E-state index in [2.05, 4.69) is 116 Å². The molecule has 1 aliphatic rings. The van der Waals surface area contributed by atoms with Crippen LogP contribution in [-0.2, 0) is 22.2 Å². The van der Waals surface area contributed by atoms with Gasteiger partial charge in [0.05, 0.1) is 11.2 Å². The Balaban J connectivity index is 1.59. The van der Waals surface area contributed by atoms with Gasteiger partial charge in [0.25, 0.3) is 0 Å². The monoisotopic (exact) mass is 486 g/mol. The molecule has 0 saturated carbocycles. The predicted molar refractivity (Wildman–Crippen MR) is 134 cm³/mol. The first kappa shape index (κ1) is 24.5. The minimum absolute atomic E-state index is 0.331. The third-order valence-corrected chi connectivity index (χ3v) is 6.94. The summed E-state index contributed by atoms with van der Waals surface area (Å²) in [4.78, 5) is 4.55. The minimum Gasteiger partial charge on any atom is -0.399 e. The minimum atomic E-state index is -0.393. The molecule has 0 amide bonds. The summed E-state index contributed by atoms with van der Waals surface area (Å²) >= 11 is 3.50. The molecular formula is C25H36BBrN2O2. The molecule has 1 fully saturated rings. The quantitative estimate of drug-likeness (QED) is 0.500. The average Bonchev–Trinajstić information content (AvgIpc) is 2.95. The van der Waals surface area contributed by atoms with Crippen molar-refractivity contribution in [2.24, 2.45) is 0 Å². The lowest BCUT2D eigenvalue weighted by atomic mass is 9.79. The highest BCUT2D eigenvalue weighted by atomic mass is 79.9. The van der Waals surface area contributed by atoms with Crippen LogP contribution < -0.4 is 5.46 Å². The Morgan fingerprint density at radius 2 is 1.35 bits per heavy atom. The van der Waals surface area contributed by atoms with Crippen molar-refractivity contribution < 1.29 is 9.31 Å². The van der Waals surface area contributed by atoms with Crippen LogP contribution in [0.4, 0.5) is 0 Å². The summed E-state index contributed by atoms with van der Waals surface area (Å²) in [6.07, 6.45) is 2.06. The number of hydrogen-bond acceptors (Lipinski definition) is 4. The summed E-state index contributed by atoms with van der Waals surface area (Å²) in [5.74, 6) is 0. The first-order valence-electron chi connectivity index (χ1n) is 11.1. The van der Waals surface area contributed by atoms with E-state index >= 15 is 0 Å².